The Morgan fingerprint density at radius 1 is 1.05 bits per heavy atom. The van der Waals surface area contributed by atoms with E-state index in [-0.39, 0.29) is 47.7 Å². The number of amides is 2. The molecule has 3 aromatic rings. The van der Waals surface area contributed by atoms with Gasteiger partial charge in [0.1, 0.15) is 4.88 Å². The molecule has 1 aromatic carbocycles. The number of rotatable bonds is 6. The van der Waals surface area contributed by atoms with E-state index in [4.69, 9.17) is 4.42 Å². The lowest BCUT2D eigenvalue weighted by atomic mass is 9.71. The minimum absolute atomic E-state index is 0.0333. The monoisotopic (exact) mass is 607 g/mol. The van der Waals surface area contributed by atoms with E-state index in [1.54, 1.807) is 9.80 Å². The summed E-state index contributed by atoms with van der Waals surface area (Å²) in [6.45, 7) is 8.05. The second-order valence-corrected chi connectivity index (χ2v) is 12.9. The fourth-order valence-electron chi connectivity index (χ4n) is 5.91. The zero-order chi connectivity index (χ0) is 30.2. The second-order valence-electron chi connectivity index (χ2n) is 12.0. The average molecular weight is 608 g/mol. The Bertz CT molecular complexity index is 1540. The third-order valence-corrected chi connectivity index (χ3v) is 9.42. The van der Waals surface area contributed by atoms with Crippen LogP contribution in [0.15, 0.2) is 47.0 Å². The second kappa shape index (κ2) is 9.41. The molecular weight excluding hydrogens is 581 g/mol. The number of aromatic nitrogens is 3. The van der Waals surface area contributed by atoms with Crippen molar-refractivity contribution < 1.29 is 36.0 Å². The summed E-state index contributed by atoms with van der Waals surface area (Å²) in [5, 5.41) is 7.54. The highest BCUT2D eigenvalue weighted by molar-refractivity contribution is 7.11. The van der Waals surface area contributed by atoms with Crippen molar-refractivity contribution in [1.29, 1.82) is 0 Å². The van der Waals surface area contributed by atoms with Gasteiger partial charge in [0.05, 0.1) is 23.2 Å². The maximum atomic E-state index is 15.4. The molecule has 6 rings (SSSR count). The van der Waals surface area contributed by atoms with Crippen LogP contribution in [0, 0.1) is 16.7 Å². The van der Waals surface area contributed by atoms with Gasteiger partial charge in [-0.05, 0) is 17.4 Å². The van der Waals surface area contributed by atoms with Gasteiger partial charge in [-0.15, -0.1) is 21.5 Å². The molecular formula is C28H26F5N5O3S. The molecule has 222 valence electrons. The Morgan fingerprint density at radius 2 is 1.69 bits per heavy atom. The first-order valence-electron chi connectivity index (χ1n) is 13.2. The highest BCUT2D eigenvalue weighted by atomic mass is 32.1. The molecule has 42 heavy (non-hydrogen) atoms. The number of hydrogen-bond acceptors (Lipinski definition) is 7. The number of nitrogens with zero attached hydrogens (tertiary/aromatic N) is 5. The van der Waals surface area contributed by atoms with Crippen molar-refractivity contribution in [3.05, 3.63) is 70.3 Å². The number of benzene rings is 1. The molecule has 2 saturated heterocycles. The third kappa shape index (κ3) is 4.69. The first kappa shape index (κ1) is 28.4. The van der Waals surface area contributed by atoms with Gasteiger partial charge in [-0.2, -0.15) is 22.0 Å². The molecule has 14 heteroatoms. The standard InChI is InChI=1S/C28H26F5N5O3S/c1-15(28(31,32)33)16-4-6-17(7-5-16)27(29,30)24-36-35-21(41-24)19-10-37(23(40)20-9-34-14-42-20)11-26(19)12-38(13-26)22(39)18-8-25(18,2)3/h4-7,9,14,18-19H,1,8,10-13H2,2-3H3/t18-,19?/m1/s1. The summed E-state index contributed by atoms with van der Waals surface area (Å²) in [6.07, 6.45) is -2.45. The van der Waals surface area contributed by atoms with Gasteiger partial charge in [-0.25, -0.2) is 0 Å². The van der Waals surface area contributed by atoms with Crippen LogP contribution in [0.4, 0.5) is 22.0 Å². The lowest BCUT2D eigenvalue weighted by Gasteiger charge is -2.50. The first-order valence-corrected chi connectivity index (χ1v) is 14.1. The van der Waals surface area contributed by atoms with Crippen LogP contribution in [-0.2, 0) is 10.7 Å². The molecule has 0 bridgehead atoms. The topological polar surface area (TPSA) is 92.4 Å². The van der Waals surface area contributed by atoms with E-state index in [2.05, 4.69) is 21.8 Å². The number of carbonyl (C=O) groups excluding carboxylic acids is 2. The minimum Gasteiger partial charge on any atom is -0.419 e. The van der Waals surface area contributed by atoms with Gasteiger partial charge in [0.15, 0.2) is 0 Å². The van der Waals surface area contributed by atoms with E-state index in [1.807, 2.05) is 13.8 Å². The first-order chi connectivity index (χ1) is 19.6. The fourth-order valence-corrected chi connectivity index (χ4v) is 6.50. The van der Waals surface area contributed by atoms with Crippen LogP contribution in [-0.4, -0.2) is 69.2 Å². The lowest BCUT2D eigenvalue weighted by molar-refractivity contribution is -0.146. The van der Waals surface area contributed by atoms with Gasteiger partial charge in [0, 0.05) is 43.1 Å². The van der Waals surface area contributed by atoms with Crippen molar-refractivity contribution in [2.75, 3.05) is 26.2 Å². The predicted octanol–water partition coefficient (Wildman–Crippen LogP) is 5.36. The zero-order valence-corrected chi connectivity index (χ0v) is 23.4. The quantitative estimate of drug-likeness (QED) is 0.351. The zero-order valence-electron chi connectivity index (χ0n) is 22.6. The number of halogens is 5. The van der Waals surface area contributed by atoms with Crippen LogP contribution < -0.4 is 0 Å². The fraction of sp³-hybridized carbons (Fsp3) is 0.464. The average Bonchev–Trinajstić information content (AvgIpc) is 3.45. The van der Waals surface area contributed by atoms with Crippen LogP contribution in [0.5, 0.6) is 0 Å². The predicted molar refractivity (Wildman–Crippen MR) is 140 cm³/mol. The number of thiazole rings is 1. The molecule has 1 saturated carbocycles. The lowest BCUT2D eigenvalue weighted by Crippen LogP contribution is -2.62. The summed E-state index contributed by atoms with van der Waals surface area (Å²) < 4.78 is 75.2. The summed E-state index contributed by atoms with van der Waals surface area (Å²) >= 11 is 1.18. The molecule has 8 nitrogen and oxygen atoms in total. The number of allylic oxidation sites excluding steroid dienone is 1. The van der Waals surface area contributed by atoms with Gasteiger partial charge in [-0.1, -0.05) is 44.7 Å². The third-order valence-electron chi connectivity index (χ3n) is 8.66. The van der Waals surface area contributed by atoms with Gasteiger partial charge < -0.3 is 14.2 Å². The van der Waals surface area contributed by atoms with Crippen molar-refractivity contribution >= 4 is 28.7 Å². The summed E-state index contributed by atoms with van der Waals surface area (Å²) in [7, 11) is 0. The number of carbonyl (C=O) groups is 2. The van der Waals surface area contributed by atoms with E-state index in [0.29, 0.717) is 18.0 Å². The van der Waals surface area contributed by atoms with E-state index in [1.165, 1.54) is 23.0 Å². The van der Waals surface area contributed by atoms with Crippen LogP contribution in [0.25, 0.3) is 5.57 Å². The van der Waals surface area contributed by atoms with Crippen LogP contribution in [0.2, 0.25) is 0 Å². The van der Waals surface area contributed by atoms with Gasteiger partial charge >= 0.3 is 12.1 Å². The van der Waals surface area contributed by atoms with Crippen molar-refractivity contribution in [1.82, 2.24) is 25.0 Å². The molecule has 1 aliphatic carbocycles. The molecule has 1 spiro atoms. The Kier molecular flexibility index (Phi) is 6.37. The maximum Gasteiger partial charge on any atom is 0.416 e. The van der Waals surface area contributed by atoms with Crippen LogP contribution in [0.1, 0.15) is 58.8 Å². The van der Waals surface area contributed by atoms with Crippen molar-refractivity contribution in [2.45, 2.75) is 38.3 Å². The van der Waals surface area contributed by atoms with Gasteiger partial charge in [-0.3, -0.25) is 14.6 Å². The van der Waals surface area contributed by atoms with E-state index < -0.39 is 40.5 Å². The largest absolute Gasteiger partial charge is 0.419 e. The molecule has 0 radical (unpaired) electrons. The SMILES string of the molecule is C=C(c1ccc(C(F)(F)c2nnc(C3CN(C(=O)c4cncs4)CC34CN(C(=O)[C@H]3CC3(C)C)C4)o2)cc1)C(F)(F)F. The van der Waals surface area contributed by atoms with Crippen LogP contribution >= 0.6 is 11.3 Å². The van der Waals surface area contributed by atoms with Crippen molar-refractivity contribution in [3.8, 4) is 0 Å². The molecule has 3 aliphatic rings. The Morgan fingerprint density at radius 3 is 2.26 bits per heavy atom. The smallest absolute Gasteiger partial charge is 0.416 e. The summed E-state index contributed by atoms with van der Waals surface area (Å²) in [4.78, 5) is 33.9. The molecule has 2 aliphatic heterocycles. The molecule has 4 heterocycles. The van der Waals surface area contributed by atoms with Crippen LogP contribution in [0.3, 0.4) is 0 Å². The molecule has 2 aromatic heterocycles. The van der Waals surface area contributed by atoms with Crippen molar-refractivity contribution in [2.24, 2.45) is 16.7 Å². The van der Waals surface area contributed by atoms with Gasteiger partial charge in [0.25, 0.3) is 11.8 Å². The van der Waals surface area contributed by atoms with Crippen molar-refractivity contribution in [3.63, 3.8) is 0 Å². The maximum absolute atomic E-state index is 15.4. The molecule has 0 N–H and O–H groups in total. The Balaban J connectivity index is 1.25. The molecule has 3 fully saturated rings. The number of likely N-dealkylation sites (tertiary alicyclic amines) is 2. The van der Waals surface area contributed by atoms with E-state index in [0.717, 1.165) is 30.7 Å². The highest BCUT2D eigenvalue weighted by Crippen LogP contribution is 2.56. The Labute approximate surface area is 241 Å². The van der Waals surface area contributed by atoms with E-state index in [9.17, 15) is 22.8 Å². The number of hydrogen-bond donors (Lipinski definition) is 0. The minimum atomic E-state index is -4.70. The Hall–Kier alpha value is -3.68. The van der Waals surface area contributed by atoms with Gasteiger partial charge in [0.2, 0.25) is 11.8 Å². The van der Waals surface area contributed by atoms with E-state index >= 15 is 8.78 Å². The number of alkyl halides is 5. The molecule has 1 unspecified atom stereocenters. The summed E-state index contributed by atoms with van der Waals surface area (Å²) in [5.74, 6) is -5.83. The normalized spacial score (nSPS) is 22.7. The molecule has 2 atom stereocenters. The summed E-state index contributed by atoms with van der Waals surface area (Å²) in [5.41, 5.74) is -1.31. The summed E-state index contributed by atoms with van der Waals surface area (Å²) in [6, 6.07) is 3.54. The highest BCUT2D eigenvalue weighted by Gasteiger charge is 2.62. The molecule has 2 amide bonds.